The van der Waals surface area contributed by atoms with Gasteiger partial charge in [-0.3, -0.25) is 0 Å². The smallest absolute Gasteiger partial charge is 0.165 e. The van der Waals surface area contributed by atoms with Crippen molar-refractivity contribution in [2.24, 2.45) is 22.2 Å². The van der Waals surface area contributed by atoms with E-state index in [4.69, 9.17) is 4.74 Å². The van der Waals surface area contributed by atoms with Gasteiger partial charge in [-0.1, -0.05) is 26.8 Å². The molecule has 4 bridgehead atoms. The Morgan fingerprint density at radius 2 is 2.00 bits per heavy atom. The van der Waals surface area contributed by atoms with E-state index in [2.05, 4.69) is 32.2 Å². The number of benzene rings is 1. The molecule has 2 heterocycles. The molecular weight excluding hydrogens is 350 g/mol. The number of rotatable bonds is 0. The van der Waals surface area contributed by atoms with Gasteiger partial charge < -0.3 is 20.3 Å². The highest BCUT2D eigenvalue weighted by molar-refractivity contribution is 5.63. The largest absolute Gasteiger partial charge is 0.504 e. The maximum Gasteiger partial charge on any atom is 0.165 e. The number of fused-ring (bicyclic) bond motifs is 1. The number of ether oxygens (including phenoxy) is 1. The number of piperidine rings is 1. The highest BCUT2D eigenvalue weighted by Gasteiger charge is 2.85. The average Bonchev–Trinajstić information content (AvgIpc) is 2.98. The standard InChI is InChI=1S/C24H31NO3/c1-20(2,3)24(27)12-21-6-7-22(11-15(21)24)16-10-13-4-5-14(26)18-17(13)23(22,8-9-25-16)19(21)28-18/h4-5,15-16,19,25-27H,6-12H2,1-3H3/t15-,16+,19-,21+,22+,23-,24-/m0/s1. The molecular formula is C24H31NO3. The number of hydrogen-bond donors (Lipinski definition) is 3. The van der Waals surface area contributed by atoms with Gasteiger partial charge in [-0.25, -0.2) is 0 Å². The first-order chi connectivity index (χ1) is 13.2. The first-order valence-corrected chi connectivity index (χ1v) is 11.2. The zero-order valence-corrected chi connectivity index (χ0v) is 17.1. The molecule has 7 atom stereocenters. The van der Waals surface area contributed by atoms with E-state index in [1.165, 1.54) is 17.5 Å². The maximum atomic E-state index is 11.8. The lowest BCUT2D eigenvalue weighted by molar-refractivity contribution is -0.349. The molecule has 4 saturated carbocycles. The summed E-state index contributed by atoms with van der Waals surface area (Å²) in [5, 5.41) is 26.4. The van der Waals surface area contributed by atoms with Crippen LogP contribution in [0.2, 0.25) is 0 Å². The van der Waals surface area contributed by atoms with Gasteiger partial charge in [0.2, 0.25) is 0 Å². The molecule has 0 radical (unpaired) electrons. The van der Waals surface area contributed by atoms with Crippen molar-refractivity contribution in [3.63, 3.8) is 0 Å². The summed E-state index contributed by atoms with van der Waals surface area (Å²) in [7, 11) is 0. The number of phenols is 1. The second-order valence-electron chi connectivity index (χ2n) is 11.9. The fraction of sp³-hybridized carbons (Fsp3) is 0.750. The first-order valence-electron chi connectivity index (χ1n) is 11.2. The molecule has 1 aromatic carbocycles. The summed E-state index contributed by atoms with van der Waals surface area (Å²) in [5.41, 5.74) is 2.22. The summed E-state index contributed by atoms with van der Waals surface area (Å²) < 4.78 is 6.78. The van der Waals surface area contributed by atoms with Crippen molar-refractivity contribution in [3.05, 3.63) is 23.3 Å². The van der Waals surface area contributed by atoms with Crippen LogP contribution < -0.4 is 10.1 Å². The molecule has 0 aromatic heterocycles. The number of aromatic hydroxyl groups is 1. The highest BCUT2D eigenvalue weighted by atomic mass is 16.5. The Hall–Kier alpha value is -1.26. The van der Waals surface area contributed by atoms with Crippen molar-refractivity contribution < 1.29 is 14.9 Å². The van der Waals surface area contributed by atoms with Gasteiger partial charge in [0.1, 0.15) is 6.10 Å². The van der Waals surface area contributed by atoms with Gasteiger partial charge >= 0.3 is 0 Å². The zero-order chi connectivity index (χ0) is 19.3. The molecule has 3 spiro atoms. The summed E-state index contributed by atoms with van der Waals surface area (Å²) >= 11 is 0. The molecule has 1 saturated heterocycles. The van der Waals surface area contributed by atoms with Crippen LogP contribution in [0.1, 0.15) is 64.0 Å². The molecule has 7 aliphatic rings. The summed E-state index contributed by atoms with van der Waals surface area (Å²) in [6, 6.07) is 4.43. The monoisotopic (exact) mass is 381 g/mol. The van der Waals surface area contributed by atoms with Crippen molar-refractivity contribution in [1.29, 1.82) is 0 Å². The molecule has 4 nitrogen and oxygen atoms in total. The SMILES string of the molecule is CC(C)(C)[C@]1(O)C[C@]23CC[C@@]4(C[C@@H]21)[C@H]1Cc2ccc(O)c5c2[C@@]4(CCN1)[C@H]3O5. The lowest BCUT2D eigenvalue weighted by atomic mass is 9.25. The Balaban J connectivity index is 1.51. The Morgan fingerprint density at radius 3 is 2.79 bits per heavy atom. The summed E-state index contributed by atoms with van der Waals surface area (Å²) in [4.78, 5) is 0. The van der Waals surface area contributed by atoms with Gasteiger partial charge in [0.15, 0.2) is 11.5 Å². The molecule has 5 fully saturated rings. The van der Waals surface area contributed by atoms with Gasteiger partial charge in [0.05, 0.1) is 5.60 Å². The van der Waals surface area contributed by atoms with Gasteiger partial charge in [-0.05, 0) is 73.4 Å². The van der Waals surface area contributed by atoms with E-state index in [1.54, 1.807) is 0 Å². The predicted octanol–water partition coefficient (Wildman–Crippen LogP) is 3.28. The topological polar surface area (TPSA) is 61.7 Å². The molecule has 0 unspecified atom stereocenters. The number of phenolic OH excluding ortho intramolecular Hbond substituents is 1. The fourth-order valence-electron chi connectivity index (χ4n) is 9.37. The Morgan fingerprint density at radius 1 is 1.18 bits per heavy atom. The van der Waals surface area contributed by atoms with Gasteiger partial charge in [0, 0.05) is 22.4 Å². The van der Waals surface area contributed by atoms with Gasteiger partial charge in [0.25, 0.3) is 0 Å². The minimum atomic E-state index is -0.614. The van der Waals surface area contributed by atoms with Crippen LogP contribution in [0, 0.1) is 22.2 Å². The zero-order valence-electron chi connectivity index (χ0n) is 17.1. The quantitative estimate of drug-likeness (QED) is 0.645. The average molecular weight is 382 g/mol. The van der Waals surface area contributed by atoms with Crippen molar-refractivity contribution in [2.45, 2.75) is 82.5 Å². The van der Waals surface area contributed by atoms with E-state index < -0.39 is 5.60 Å². The maximum absolute atomic E-state index is 11.8. The van der Waals surface area contributed by atoms with Crippen LogP contribution in [0.25, 0.3) is 0 Å². The second kappa shape index (κ2) is 4.27. The fourth-order valence-corrected chi connectivity index (χ4v) is 9.37. The third-order valence-electron chi connectivity index (χ3n) is 10.5. The van der Waals surface area contributed by atoms with E-state index >= 15 is 0 Å². The molecule has 4 heteroatoms. The number of aliphatic hydroxyl groups is 1. The number of nitrogens with one attached hydrogen (secondary N) is 1. The second-order valence-corrected chi connectivity index (χ2v) is 11.9. The van der Waals surface area contributed by atoms with E-state index in [0.717, 1.165) is 44.4 Å². The minimum absolute atomic E-state index is 0.0263. The van der Waals surface area contributed by atoms with Crippen LogP contribution in [-0.2, 0) is 11.8 Å². The van der Waals surface area contributed by atoms with E-state index in [1.807, 2.05) is 6.07 Å². The van der Waals surface area contributed by atoms with E-state index in [0.29, 0.717) is 17.7 Å². The van der Waals surface area contributed by atoms with Crippen molar-refractivity contribution >= 4 is 0 Å². The first kappa shape index (κ1) is 16.5. The number of hydrogen-bond acceptors (Lipinski definition) is 4. The van der Waals surface area contributed by atoms with Crippen LogP contribution in [-0.4, -0.2) is 34.5 Å². The third-order valence-corrected chi connectivity index (χ3v) is 10.5. The summed E-state index contributed by atoms with van der Waals surface area (Å²) in [6.07, 6.45) is 6.57. The minimum Gasteiger partial charge on any atom is -0.504 e. The molecule has 0 amide bonds. The summed E-state index contributed by atoms with van der Waals surface area (Å²) in [5.74, 6) is 1.39. The van der Waals surface area contributed by atoms with Crippen LogP contribution >= 0.6 is 0 Å². The third kappa shape index (κ3) is 1.32. The molecule has 1 aromatic rings. The van der Waals surface area contributed by atoms with Crippen LogP contribution in [0.15, 0.2) is 12.1 Å². The molecule has 150 valence electrons. The Kier molecular flexibility index (Phi) is 2.52. The predicted molar refractivity (Wildman–Crippen MR) is 106 cm³/mol. The Bertz CT molecular complexity index is 937. The summed E-state index contributed by atoms with van der Waals surface area (Å²) in [6.45, 7) is 7.63. The lowest BCUT2D eigenvalue weighted by Crippen LogP contribution is -2.85. The normalized spacial score (nSPS) is 51.8. The van der Waals surface area contributed by atoms with Gasteiger partial charge in [-0.2, -0.15) is 0 Å². The lowest BCUT2D eigenvalue weighted by Gasteiger charge is -2.80. The van der Waals surface area contributed by atoms with Gasteiger partial charge in [-0.15, -0.1) is 0 Å². The Labute approximate surface area is 166 Å². The molecule has 28 heavy (non-hydrogen) atoms. The molecule has 2 aliphatic heterocycles. The van der Waals surface area contributed by atoms with E-state index in [-0.39, 0.29) is 27.8 Å². The molecule has 3 N–H and O–H groups in total. The van der Waals surface area contributed by atoms with Crippen LogP contribution in [0.4, 0.5) is 0 Å². The van der Waals surface area contributed by atoms with E-state index in [9.17, 15) is 10.2 Å². The highest BCUT2D eigenvalue weighted by Crippen LogP contribution is 2.83. The van der Waals surface area contributed by atoms with Crippen molar-refractivity contribution in [3.8, 4) is 11.5 Å². The molecule has 5 aliphatic carbocycles. The molecule has 8 rings (SSSR count). The van der Waals surface area contributed by atoms with Crippen LogP contribution in [0.3, 0.4) is 0 Å². The van der Waals surface area contributed by atoms with Crippen LogP contribution in [0.5, 0.6) is 11.5 Å². The van der Waals surface area contributed by atoms with Crippen molar-refractivity contribution in [1.82, 2.24) is 5.32 Å². The van der Waals surface area contributed by atoms with Crippen molar-refractivity contribution in [2.75, 3.05) is 6.54 Å².